The Bertz CT molecular complexity index is 639. The minimum Gasteiger partial charge on any atom is -0.491 e. The molecule has 0 aliphatic carbocycles. The topological polar surface area (TPSA) is 44.7 Å². The zero-order chi connectivity index (χ0) is 19.0. The molecule has 0 fully saturated rings. The minimum absolute atomic E-state index is 0.0599. The summed E-state index contributed by atoms with van der Waals surface area (Å²) < 4.78 is 5.72. The van der Waals surface area contributed by atoms with Crippen LogP contribution in [-0.4, -0.2) is 56.4 Å². The highest BCUT2D eigenvalue weighted by Crippen LogP contribution is 2.32. The average molecular weight is 357 g/mol. The third kappa shape index (κ3) is 6.13. The zero-order valence-corrected chi connectivity index (χ0v) is 16.4. The number of aliphatic hydroxyl groups is 1. The molecule has 0 saturated heterocycles. The highest BCUT2D eigenvalue weighted by atomic mass is 16.5. The molecule has 0 saturated carbocycles. The van der Waals surface area contributed by atoms with Crippen molar-refractivity contribution in [2.24, 2.45) is 0 Å². The van der Waals surface area contributed by atoms with E-state index >= 15 is 0 Å². The second-order valence-corrected chi connectivity index (χ2v) is 7.49. The number of nitrogens with one attached hydrogen (secondary N) is 1. The number of hydrogen-bond donors (Lipinski definition) is 2. The van der Waals surface area contributed by atoms with Crippen LogP contribution < -0.4 is 10.1 Å². The van der Waals surface area contributed by atoms with Crippen molar-refractivity contribution in [1.82, 2.24) is 10.2 Å². The van der Waals surface area contributed by atoms with Crippen LogP contribution >= 0.6 is 0 Å². The lowest BCUT2D eigenvalue weighted by atomic mass is 9.78. The van der Waals surface area contributed by atoms with Crippen molar-refractivity contribution < 1.29 is 9.84 Å². The second kappa shape index (κ2) is 9.72. The predicted octanol–water partition coefficient (Wildman–Crippen LogP) is 2.90. The number of likely N-dealkylation sites (N-methyl/N-ethyl adjacent to an activating group) is 1. The normalized spacial score (nSPS) is 13.0. The summed E-state index contributed by atoms with van der Waals surface area (Å²) in [5, 5.41) is 13.2. The van der Waals surface area contributed by atoms with Gasteiger partial charge >= 0.3 is 0 Å². The summed E-state index contributed by atoms with van der Waals surface area (Å²) in [5.41, 5.74) is 2.46. The van der Waals surface area contributed by atoms with Crippen molar-refractivity contribution in [2.45, 2.75) is 25.4 Å². The smallest absolute Gasteiger partial charge is 0.119 e. The summed E-state index contributed by atoms with van der Waals surface area (Å²) >= 11 is 0. The summed E-state index contributed by atoms with van der Waals surface area (Å²) in [6.07, 6.45) is -0.516. The Balaban J connectivity index is 1.84. The molecule has 142 valence electrons. The van der Waals surface area contributed by atoms with E-state index in [1.54, 1.807) is 0 Å². The van der Waals surface area contributed by atoms with Gasteiger partial charge in [-0.15, -0.1) is 0 Å². The molecule has 2 N–H and O–H groups in total. The van der Waals surface area contributed by atoms with E-state index in [9.17, 15) is 5.11 Å². The van der Waals surface area contributed by atoms with Crippen molar-refractivity contribution in [3.8, 4) is 5.75 Å². The largest absolute Gasteiger partial charge is 0.491 e. The fourth-order valence-corrected chi connectivity index (χ4v) is 2.81. The number of nitrogens with zero attached hydrogens (tertiary/aromatic N) is 1. The number of aliphatic hydroxyl groups excluding tert-OH is 1. The lowest BCUT2D eigenvalue weighted by Crippen LogP contribution is -2.35. The highest BCUT2D eigenvalue weighted by Gasteiger charge is 2.22. The molecule has 2 aromatic carbocycles. The second-order valence-electron chi connectivity index (χ2n) is 7.49. The third-order valence-corrected chi connectivity index (χ3v) is 4.63. The van der Waals surface area contributed by atoms with Gasteiger partial charge in [0.05, 0.1) is 0 Å². The maximum atomic E-state index is 10.0. The van der Waals surface area contributed by atoms with Crippen LogP contribution in [0.25, 0.3) is 0 Å². The zero-order valence-electron chi connectivity index (χ0n) is 16.4. The summed E-state index contributed by atoms with van der Waals surface area (Å²) in [6, 6.07) is 18.7. The standard InChI is InChI=1S/C22H32N2O2/c1-22(2,18-8-6-5-7-9-18)19-10-12-21(13-11-19)26-17-20(25)16-23-14-15-24(3)4/h5-13,20,23,25H,14-17H2,1-4H3. The molecule has 1 atom stereocenters. The van der Waals surface area contributed by atoms with Crippen LogP contribution in [0.1, 0.15) is 25.0 Å². The predicted molar refractivity (Wildman–Crippen MR) is 108 cm³/mol. The van der Waals surface area contributed by atoms with Crippen LogP contribution in [0.15, 0.2) is 54.6 Å². The Morgan fingerprint density at radius 1 is 1.00 bits per heavy atom. The Morgan fingerprint density at radius 2 is 1.62 bits per heavy atom. The summed E-state index contributed by atoms with van der Waals surface area (Å²) in [7, 11) is 4.06. The van der Waals surface area contributed by atoms with Crippen LogP contribution in [0, 0.1) is 0 Å². The maximum Gasteiger partial charge on any atom is 0.119 e. The Morgan fingerprint density at radius 3 is 2.23 bits per heavy atom. The first-order chi connectivity index (χ1) is 12.4. The van der Waals surface area contributed by atoms with Gasteiger partial charge < -0.3 is 20.1 Å². The van der Waals surface area contributed by atoms with Crippen LogP contribution in [-0.2, 0) is 5.41 Å². The van der Waals surface area contributed by atoms with Crippen molar-refractivity contribution in [1.29, 1.82) is 0 Å². The molecule has 4 nitrogen and oxygen atoms in total. The van der Waals surface area contributed by atoms with Crippen molar-refractivity contribution in [2.75, 3.05) is 40.3 Å². The summed E-state index contributed by atoms with van der Waals surface area (Å²) in [4.78, 5) is 2.11. The van der Waals surface area contributed by atoms with Gasteiger partial charge in [-0.25, -0.2) is 0 Å². The molecule has 4 heteroatoms. The molecule has 0 aromatic heterocycles. The highest BCUT2D eigenvalue weighted by molar-refractivity contribution is 5.39. The van der Waals surface area contributed by atoms with Crippen molar-refractivity contribution >= 4 is 0 Å². The van der Waals surface area contributed by atoms with Gasteiger partial charge in [-0.3, -0.25) is 0 Å². The quantitative estimate of drug-likeness (QED) is 0.643. The maximum absolute atomic E-state index is 10.0. The molecular weight excluding hydrogens is 324 g/mol. The van der Waals surface area contributed by atoms with Gasteiger partial charge in [0.2, 0.25) is 0 Å². The van der Waals surface area contributed by atoms with E-state index in [-0.39, 0.29) is 12.0 Å². The first-order valence-corrected chi connectivity index (χ1v) is 9.22. The monoisotopic (exact) mass is 356 g/mol. The Hall–Kier alpha value is -1.88. The molecule has 0 bridgehead atoms. The number of benzene rings is 2. The molecule has 1 unspecified atom stereocenters. The van der Waals surface area contributed by atoms with Gasteiger partial charge in [-0.05, 0) is 37.4 Å². The van der Waals surface area contributed by atoms with Crippen LogP contribution in [0.2, 0.25) is 0 Å². The van der Waals surface area contributed by atoms with E-state index < -0.39 is 6.10 Å². The average Bonchev–Trinajstić information content (AvgIpc) is 2.64. The van der Waals surface area contributed by atoms with E-state index in [0.717, 1.165) is 18.8 Å². The summed E-state index contributed by atoms with van der Waals surface area (Å²) in [6.45, 7) is 7.08. The first-order valence-electron chi connectivity index (χ1n) is 9.22. The molecule has 2 rings (SSSR count). The molecule has 26 heavy (non-hydrogen) atoms. The number of ether oxygens (including phenoxy) is 1. The number of hydrogen-bond acceptors (Lipinski definition) is 4. The Labute approximate surface area is 157 Å². The van der Waals surface area contributed by atoms with Crippen molar-refractivity contribution in [3.63, 3.8) is 0 Å². The molecule has 0 amide bonds. The lowest BCUT2D eigenvalue weighted by Gasteiger charge is -2.26. The number of rotatable bonds is 10. The molecule has 0 aliphatic rings. The molecule has 2 aromatic rings. The molecule has 0 heterocycles. The minimum atomic E-state index is -0.516. The van der Waals surface area contributed by atoms with Gasteiger partial charge in [0, 0.05) is 25.0 Å². The van der Waals surface area contributed by atoms with Crippen LogP contribution in [0.5, 0.6) is 5.75 Å². The van der Waals surface area contributed by atoms with Gasteiger partial charge in [0.15, 0.2) is 0 Å². The Kier molecular flexibility index (Phi) is 7.64. The molecule has 0 aliphatic heterocycles. The van der Waals surface area contributed by atoms with Gasteiger partial charge in [0.1, 0.15) is 18.5 Å². The van der Waals surface area contributed by atoms with E-state index in [2.05, 4.69) is 60.5 Å². The van der Waals surface area contributed by atoms with Crippen molar-refractivity contribution in [3.05, 3.63) is 65.7 Å². The van der Waals surface area contributed by atoms with E-state index in [0.29, 0.717) is 6.54 Å². The molecule has 0 radical (unpaired) electrons. The first kappa shape index (κ1) is 20.4. The molecule has 0 spiro atoms. The van der Waals surface area contributed by atoms with Gasteiger partial charge in [-0.1, -0.05) is 56.3 Å². The SMILES string of the molecule is CN(C)CCNCC(O)COc1ccc(C(C)(C)c2ccccc2)cc1. The lowest BCUT2D eigenvalue weighted by molar-refractivity contribution is 0.106. The van der Waals surface area contributed by atoms with Crippen LogP contribution in [0.3, 0.4) is 0 Å². The third-order valence-electron chi connectivity index (χ3n) is 4.63. The van der Waals surface area contributed by atoms with E-state index in [4.69, 9.17) is 4.74 Å². The van der Waals surface area contributed by atoms with Crippen LogP contribution in [0.4, 0.5) is 0 Å². The van der Waals surface area contributed by atoms with Gasteiger partial charge in [-0.2, -0.15) is 0 Å². The molecular formula is C22H32N2O2. The summed E-state index contributed by atoms with van der Waals surface area (Å²) in [5.74, 6) is 0.782. The van der Waals surface area contributed by atoms with E-state index in [1.165, 1.54) is 11.1 Å². The van der Waals surface area contributed by atoms with E-state index in [1.807, 2.05) is 32.3 Å². The fourth-order valence-electron chi connectivity index (χ4n) is 2.81. The van der Waals surface area contributed by atoms with Gasteiger partial charge in [0.25, 0.3) is 0 Å². The fraction of sp³-hybridized carbons (Fsp3) is 0.455.